The lowest BCUT2D eigenvalue weighted by Crippen LogP contribution is -2.01. The van der Waals surface area contributed by atoms with E-state index in [0.717, 1.165) is 11.4 Å². The van der Waals surface area contributed by atoms with Crippen LogP contribution in [-0.2, 0) is 10.8 Å². The summed E-state index contributed by atoms with van der Waals surface area (Å²) in [6, 6.07) is 9.00. The minimum atomic E-state index is -0.611. The molecule has 1 aliphatic heterocycles. The molecule has 1 heterocycles. The van der Waals surface area contributed by atoms with Crippen LogP contribution >= 0.6 is 11.8 Å². The molecule has 0 bridgehead atoms. The number of non-ortho nitro benzene ring substituents is 2. The Kier molecular flexibility index (Phi) is 5.52. The number of hydrogen-bond donors (Lipinski definition) is 1. The quantitative estimate of drug-likeness (QED) is 0.542. The molecule has 0 spiro atoms. The Morgan fingerprint density at radius 1 is 0.917 bits per heavy atom. The van der Waals surface area contributed by atoms with Crippen molar-refractivity contribution in [2.75, 3.05) is 17.8 Å². The van der Waals surface area contributed by atoms with Crippen LogP contribution in [0.2, 0.25) is 0 Å². The summed E-state index contributed by atoms with van der Waals surface area (Å²) in [4.78, 5) is 21.9. The predicted octanol–water partition coefficient (Wildman–Crippen LogP) is 3.71. The van der Waals surface area contributed by atoms with Crippen molar-refractivity contribution in [2.24, 2.45) is 0 Å². The maximum Gasteiger partial charge on any atom is 0.270 e. The molecule has 0 unspecified atom stereocenters. The van der Waals surface area contributed by atoms with Crippen molar-refractivity contribution in [3.05, 3.63) is 56.6 Å². The van der Waals surface area contributed by atoms with Gasteiger partial charge < -0.3 is 5.32 Å². The molecule has 3 rings (SSSR count). The van der Waals surface area contributed by atoms with E-state index in [2.05, 4.69) is 5.32 Å². The first-order valence-corrected chi connectivity index (χ1v) is 9.33. The van der Waals surface area contributed by atoms with Gasteiger partial charge in [-0.1, -0.05) is 11.8 Å². The third kappa shape index (κ3) is 4.30. The van der Waals surface area contributed by atoms with E-state index < -0.39 is 20.6 Å². The number of nitrogens with zero attached hydrogens (tertiary/aromatic N) is 2. The summed E-state index contributed by atoms with van der Waals surface area (Å²) in [6.07, 6.45) is 3.28. The van der Waals surface area contributed by atoms with E-state index in [4.69, 9.17) is 0 Å². The second kappa shape index (κ2) is 7.41. The number of fused-ring (bicyclic) bond motifs is 2. The third-order valence-corrected chi connectivity index (χ3v) is 3.96. The molecule has 1 aliphatic rings. The number of anilines is 2. The van der Waals surface area contributed by atoms with Gasteiger partial charge in [-0.3, -0.25) is 24.4 Å². The molecule has 0 amide bonds. The monoisotopic (exact) mass is 367 g/mol. The van der Waals surface area contributed by atoms with Crippen LogP contribution in [-0.4, -0.2) is 26.6 Å². The Balaban J connectivity index is 0.000000471. The molecule has 10 heteroatoms. The SMILES string of the molecule is CS(C)=O.O=[N+]([O-])c1ccc2c(c1)Sc1cc([N+](=O)[O-])ccc1N2. The fraction of sp³-hybridized carbons (Fsp3) is 0.143. The van der Waals surface area contributed by atoms with Crippen molar-refractivity contribution in [2.45, 2.75) is 9.79 Å². The predicted molar refractivity (Wildman–Crippen MR) is 93.6 cm³/mol. The smallest absolute Gasteiger partial charge is 0.270 e. The van der Waals surface area contributed by atoms with Crippen LogP contribution in [0, 0.1) is 20.2 Å². The maximum absolute atomic E-state index is 10.8. The van der Waals surface area contributed by atoms with Crippen LogP contribution in [0.4, 0.5) is 22.7 Å². The van der Waals surface area contributed by atoms with Gasteiger partial charge >= 0.3 is 0 Å². The number of nitrogens with one attached hydrogen (secondary N) is 1. The van der Waals surface area contributed by atoms with E-state index in [-0.39, 0.29) is 11.4 Å². The van der Waals surface area contributed by atoms with Crippen molar-refractivity contribution >= 4 is 45.3 Å². The van der Waals surface area contributed by atoms with Gasteiger partial charge in [0.25, 0.3) is 11.4 Å². The number of nitro benzene ring substituents is 2. The molecular formula is C14H13N3O5S2. The van der Waals surface area contributed by atoms with E-state index >= 15 is 0 Å². The molecule has 8 nitrogen and oxygen atoms in total. The molecule has 2 aromatic carbocycles. The van der Waals surface area contributed by atoms with Crippen LogP contribution in [0.25, 0.3) is 0 Å². The van der Waals surface area contributed by atoms with E-state index in [1.165, 1.54) is 36.0 Å². The Morgan fingerprint density at radius 2 is 1.29 bits per heavy atom. The van der Waals surface area contributed by atoms with Crippen molar-refractivity contribution in [3.63, 3.8) is 0 Å². The fourth-order valence-electron chi connectivity index (χ4n) is 1.89. The highest BCUT2D eigenvalue weighted by Gasteiger charge is 2.20. The zero-order valence-corrected chi connectivity index (χ0v) is 14.3. The summed E-state index contributed by atoms with van der Waals surface area (Å²) in [5.41, 5.74) is 1.49. The highest BCUT2D eigenvalue weighted by Crippen LogP contribution is 2.46. The molecule has 1 N–H and O–H groups in total. The molecule has 0 saturated carbocycles. The van der Waals surface area contributed by atoms with Crippen LogP contribution in [0.1, 0.15) is 0 Å². The second-order valence-corrected chi connectivity index (χ2v) is 7.41. The summed E-state index contributed by atoms with van der Waals surface area (Å²) < 4.78 is 9.56. The van der Waals surface area contributed by atoms with Crippen LogP contribution in [0.5, 0.6) is 0 Å². The van der Waals surface area contributed by atoms with Gasteiger partial charge in [-0.2, -0.15) is 0 Å². The molecule has 0 aromatic heterocycles. The summed E-state index contributed by atoms with van der Waals surface area (Å²) >= 11 is 1.27. The highest BCUT2D eigenvalue weighted by molar-refractivity contribution is 7.99. The molecule has 2 aromatic rings. The first-order valence-electron chi connectivity index (χ1n) is 6.54. The zero-order chi connectivity index (χ0) is 17.9. The second-order valence-electron chi connectivity index (χ2n) is 4.84. The largest absolute Gasteiger partial charge is 0.354 e. The Hall–Kier alpha value is -2.46. The third-order valence-electron chi connectivity index (χ3n) is 2.84. The van der Waals surface area contributed by atoms with Crippen molar-refractivity contribution < 1.29 is 14.1 Å². The minimum absolute atomic E-state index is 0.00747. The van der Waals surface area contributed by atoms with Gasteiger partial charge in [-0.05, 0) is 12.1 Å². The molecule has 0 aliphatic carbocycles. The summed E-state index contributed by atoms with van der Waals surface area (Å²) in [6.45, 7) is 0. The van der Waals surface area contributed by atoms with E-state index in [9.17, 15) is 24.4 Å². The topological polar surface area (TPSA) is 115 Å². The number of benzene rings is 2. The van der Waals surface area contributed by atoms with Gasteiger partial charge in [-0.25, -0.2) is 0 Å². The number of hydrogen-bond acceptors (Lipinski definition) is 7. The lowest BCUT2D eigenvalue weighted by atomic mass is 10.2. The van der Waals surface area contributed by atoms with Crippen molar-refractivity contribution in [1.29, 1.82) is 0 Å². The molecule has 126 valence electrons. The van der Waals surface area contributed by atoms with Crippen molar-refractivity contribution in [3.8, 4) is 0 Å². The van der Waals surface area contributed by atoms with E-state index in [1.54, 1.807) is 24.6 Å². The summed E-state index contributed by atoms with van der Waals surface area (Å²) in [5, 5.41) is 24.6. The van der Waals surface area contributed by atoms with Crippen LogP contribution < -0.4 is 5.32 Å². The first kappa shape index (κ1) is 17.9. The average Bonchev–Trinajstić information content (AvgIpc) is 2.51. The zero-order valence-electron chi connectivity index (χ0n) is 12.7. The van der Waals surface area contributed by atoms with E-state index in [0.29, 0.717) is 9.79 Å². The van der Waals surface area contributed by atoms with Gasteiger partial charge in [0.15, 0.2) is 0 Å². The molecule has 0 fully saturated rings. The van der Waals surface area contributed by atoms with Gasteiger partial charge in [0.2, 0.25) is 0 Å². The van der Waals surface area contributed by atoms with E-state index in [1.807, 2.05) is 0 Å². The Labute approximate surface area is 144 Å². The summed E-state index contributed by atoms with van der Waals surface area (Å²) in [5.74, 6) is 0. The first-order chi connectivity index (χ1) is 11.3. The minimum Gasteiger partial charge on any atom is -0.354 e. The standard InChI is InChI=1S/C12H7N3O4S.C2H6OS/c16-14(17)7-1-3-9-11(5-7)20-12-6-8(15(18)19)2-4-10(12)13-9;1-4(2)3/h1-6,13H;1-2H3. The average molecular weight is 367 g/mol. The van der Waals surface area contributed by atoms with Crippen LogP contribution in [0.3, 0.4) is 0 Å². The summed E-state index contributed by atoms with van der Waals surface area (Å²) in [7, 11) is -0.611. The van der Waals surface area contributed by atoms with Gasteiger partial charge in [-0.15, -0.1) is 0 Å². The normalized spacial score (nSPS) is 11.5. The molecule has 24 heavy (non-hydrogen) atoms. The van der Waals surface area contributed by atoms with Crippen molar-refractivity contribution in [1.82, 2.24) is 0 Å². The maximum atomic E-state index is 10.8. The van der Waals surface area contributed by atoms with Gasteiger partial charge in [0.1, 0.15) is 0 Å². The molecular weight excluding hydrogens is 354 g/mol. The lowest BCUT2D eigenvalue weighted by Gasteiger charge is -2.20. The van der Waals surface area contributed by atoms with Gasteiger partial charge in [0, 0.05) is 57.4 Å². The Bertz CT molecular complexity index is 776. The molecule has 0 radical (unpaired) electrons. The number of rotatable bonds is 2. The highest BCUT2D eigenvalue weighted by atomic mass is 32.2. The lowest BCUT2D eigenvalue weighted by molar-refractivity contribution is -0.385. The number of nitro groups is 2. The molecule has 0 saturated heterocycles. The van der Waals surface area contributed by atoms with Gasteiger partial charge in [0.05, 0.1) is 21.2 Å². The van der Waals surface area contributed by atoms with Crippen LogP contribution in [0.15, 0.2) is 46.2 Å². The fourth-order valence-corrected chi connectivity index (χ4v) is 2.94. The Morgan fingerprint density at radius 3 is 1.62 bits per heavy atom. The molecule has 0 atom stereocenters.